The molecule has 0 amide bonds. The lowest BCUT2D eigenvalue weighted by Crippen LogP contribution is -2.04. The molecule has 9 heteroatoms. The Bertz CT molecular complexity index is 669. The molecular weight excluding hydrogens is 234 g/mol. The van der Waals surface area contributed by atoms with Crippen molar-refractivity contribution < 1.29 is 0 Å². The zero-order valence-corrected chi connectivity index (χ0v) is 9.91. The first-order chi connectivity index (χ1) is 8.75. The van der Waals surface area contributed by atoms with Gasteiger partial charge < -0.3 is 5.32 Å². The fourth-order valence-electron chi connectivity index (χ4n) is 1.83. The molecule has 0 spiro atoms. The van der Waals surface area contributed by atoms with Gasteiger partial charge in [-0.25, -0.2) is 9.97 Å². The first-order valence-corrected chi connectivity index (χ1v) is 5.36. The van der Waals surface area contributed by atoms with Gasteiger partial charge in [0.15, 0.2) is 11.5 Å². The average Bonchev–Trinajstić information content (AvgIpc) is 2.97. The Morgan fingerprint density at radius 3 is 3.06 bits per heavy atom. The molecule has 0 aliphatic rings. The minimum absolute atomic E-state index is 0.441. The van der Waals surface area contributed by atoms with Crippen molar-refractivity contribution in [3.63, 3.8) is 0 Å². The van der Waals surface area contributed by atoms with E-state index in [1.54, 1.807) is 4.68 Å². The van der Waals surface area contributed by atoms with Crippen molar-refractivity contribution >= 4 is 16.9 Å². The van der Waals surface area contributed by atoms with Gasteiger partial charge in [0, 0.05) is 7.05 Å². The molecule has 0 radical (unpaired) electrons. The summed E-state index contributed by atoms with van der Waals surface area (Å²) in [4.78, 5) is 8.43. The third-order valence-electron chi connectivity index (χ3n) is 2.60. The van der Waals surface area contributed by atoms with Crippen LogP contribution in [0.2, 0.25) is 0 Å². The van der Waals surface area contributed by atoms with Crippen LogP contribution in [-0.2, 0) is 13.6 Å². The summed E-state index contributed by atoms with van der Waals surface area (Å²) in [5, 5.41) is 22.0. The Balaban J connectivity index is 1.96. The number of H-pyrrole nitrogens is 1. The molecule has 0 saturated heterocycles. The molecular formula is C9H11N9. The summed E-state index contributed by atoms with van der Waals surface area (Å²) < 4.78 is 1.73. The normalized spacial score (nSPS) is 11.0. The van der Waals surface area contributed by atoms with Crippen LogP contribution >= 0.6 is 0 Å². The van der Waals surface area contributed by atoms with Gasteiger partial charge in [-0.2, -0.15) is 10.3 Å². The Hall–Kier alpha value is -2.58. The standard InChI is InChI=1S/C9H11N9/c1-5-7-8(10-3-6-13-16-17-14-6)11-4-12-9(7)18(2)15-5/h4H,3H2,1-2H3,(H,10,11,12)(H,13,14,16,17). The minimum Gasteiger partial charge on any atom is -0.362 e. The van der Waals surface area contributed by atoms with Crippen LogP contribution in [0.1, 0.15) is 11.5 Å². The largest absolute Gasteiger partial charge is 0.362 e. The number of hydrogen-bond acceptors (Lipinski definition) is 7. The van der Waals surface area contributed by atoms with Crippen LogP contribution in [0.25, 0.3) is 11.0 Å². The molecule has 3 heterocycles. The summed E-state index contributed by atoms with van der Waals surface area (Å²) in [6, 6.07) is 0. The van der Waals surface area contributed by atoms with Crippen molar-refractivity contribution in [2.45, 2.75) is 13.5 Å². The van der Waals surface area contributed by atoms with Gasteiger partial charge in [0.05, 0.1) is 17.6 Å². The number of rotatable bonds is 3. The molecule has 0 fully saturated rings. The van der Waals surface area contributed by atoms with Crippen LogP contribution in [0, 0.1) is 6.92 Å². The summed E-state index contributed by atoms with van der Waals surface area (Å²) >= 11 is 0. The van der Waals surface area contributed by atoms with Gasteiger partial charge in [0.1, 0.15) is 12.1 Å². The van der Waals surface area contributed by atoms with Crippen LogP contribution in [-0.4, -0.2) is 40.4 Å². The molecule has 0 saturated carbocycles. The van der Waals surface area contributed by atoms with Crippen LogP contribution in [0.5, 0.6) is 0 Å². The molecule has 0 atom stereocenters. The highest BCUT2D eigenvalue weighted by Gasteiger charge is 2.12. The number of aryl methyl sites for hydroxylation is 2. The molecule has 3 rings (SSSR count). The molecule has 0 aromatic carbocycles. The minimum atomic E-state index is 0.441. The molecule has 3 aromatic heterocycles. The van der Waals surface area contributed by atoms with Gasteiger partial charge >= 0.3 is 0 Å². The molecule has 18 heavy (non-hydrogen) atoms. The maximum absolute atomic E-state index is 4.32. The molecule has 3 aromatic rings. The Morgan fingerprint density at radius 2 is 2.28 bits per heavy atom. The number of aromatic nitrogens is 8. The second-order valence-electron chi connectivity index (χ2n) is 3.81. The predicted molar refractivity (Wildman–Crippen MR) is 62.5 cm³/mol. The molecule has 92 valence electrons. The molecule has 9 nitrogen and oxygen atoms in total. The monoisotopic (exact) mass is 245 g/mol. The van der Waals surface area contributed by atoms with Crippen LogP contribution in [0.3, 0.4) is 0 Å². The first kappa shape index (κ1) is 10.6. The van der Waals surface area contributed by atoms with E-state index in [0.29, 0.717) is 12.4 Å². The highest BCUT2D eigenvalue weighted by Crippen LogP contribution is 2.22. The SMILES string of the molecule is Cc1nn(C)c2ncnc(NCc3nn[nH]n3)c12. The van der Waals surface area contributed by atoms with E-state index in [0.717, 1.165) is 22.5 Å². The second kappa shape index (κ2) is 4.02. The molecule has 0 bridgehead atoms. The van der Waals surface area contributed by atoms with Gasteiger partial charge in [-0.15, -0.1) is 10.2 Å². The maximum Gasteiger partial charge on any atom is 0.193 e. The number of tetrazole rings is 1. The fourth-order valence-corrected chi connectivity index (χ4v) is 1.83. The topological polar surface area (TPSA) is 110 Å². The third kappa shape index (κ3) is 1.65. The Kier molecular flexibility index (Phi) is 2.36. The number of nitrogens with zero attached hydrogens (tertiary/aromatic N) is 7. The van der Waals surface area contributed by atoms with Crippen LogP contribution < -0.4 is 5.32 Å². The smallest absolute Gasteiger partial charge is 0.193 e. The third-order valence-corrected chi connectivity index (χ3v) is 2.60. The number of hydrogen-bond donors (Lipinski definition) is 2. The molecule has 0 aliphatic carbocycles. The quantitative estimate of drug-likeness (QED) is 0.657. The van der Waals surface area contributed by atoms with Crippen molar-refractivity contribution in [3.8, 4) is 0 Å². The number of aromatic amines is 1. The summed E-state index contributed by atoms with van der Waals surface area (Å²) in [5.41, 5.74) is 1.67. The number of anilines is 1. The van der Waals surface area contributed by atoms with E-state index in [9.17, 15) is 0 Å². The molecule has 0 aliphatic heterocycles. The lowest BCUT2D eigenvalue weighted by Gasteiger charge is -2.03. The lowest BCUT2D eigenvalue weighted by atomic mass is 10.3. The predicted octanol–water partition coefficient (Wildman–Crippen LogP) is -0.203. The van der Waals surface area contributed by atoms with Gasteiger partial charge in [0.25, 0.3) is 0 Å². The highest BCUT2D eigenvalue weighted by molar-refractivity contribution is 5.88. The van der Waals surface area contributed by atoms with Crippen molar-refractivity contribution in [2.24, 2.45) is 7.05 Å². The first-order valence-electron chi connectivity index (χ1n) is 5.36. The average molecular weight is 245 g/mol. The van der Waals surface area contributed by atoms with E-state index in [4.69, 9.17) is 0 Å². The molecule has 2 N–H and O–H groups in total. The van der Waals surface area contributed by atoms with E-state index in [2.05, 4.69) is 41.0 Å². The van der Waals surface area contributed by atoms with Crippen molar-refractivity contribution in [1.29, 1.82) is 0 Å². The Labute approximate surface area is 102 Å². The highest BCUT2D eigenvalue weighted by atomic mass is 15.5. The summed E-state index contributed by atoms with van der Waals surface area (Å²) in [5.74, 6) is 1.29. The van der Waals surface area contributed by atoms with Gasteiger partial charge in [-0.3, -0.25) is 4.68 Å². The van der Waals surface area contributed by atoms with Gasteiger partial charge in [-0.05, 0) is 6.92 Å². The summed E-state index contributed by atoms with van der Waals surface area (Å²) in [7, 11) is 1.85. The van der Waals surface area contributed by atoms with Crippen LogP contribution in [0.15, 0.2) is 6.33 Å². The van der Waals surface area contributed by atoms with Crippen molar-refractivity contribution in [2.75, 3.05) is 5.32 Å². The number of fused-ring (bicyclic) bond motifs is 1. The zero-order chi connectivity index (χ0) is 12.5. The van der Waals surface area contributed by atoms with Gasteiger partial charge in [0.2, 0.25) is 0 Å². The zero-order valence-electron chi connectivity index (χ0n) is 9.91. The van der Waals surface area contributed by atoms with E-state index < -0.39 is 0 Å². The van der Waals surface area contributed by atoms with E-state index in [-0.39, 0.29) is 0 Å². The van der Waals surface area contributed by atoms with E-state index in [1.807, 2.05) is 14.0 Å². The Morgan fingerprint density at radius 1 is 1.39 bits per heavy atom. The maximum atomic E-state index is 4.32. The second-order valence-corrected chi connectivity index (χ2v) is 3.81. The number of nitrogens with one attached hydrogen (secondary N) is 2. The van der Waals surface area contributed by atoms with E-state index >= 15 is 0 Å². The summed E-state index contributed by atoms with van der Waals surface area (Å²) in [6.07, 6.45) is 1.50. The van der Waals surface area contributed by atoms with Crippen LogP contribution in [0.4, 0.5) is 5.82 Å². The van der Waals surface area contributed by atoms with E-state index in [1.165, 1.54) is 6.33 Å². The summed E-state index contributed by atoms with van der Waals surface area (Å²) in [6.45, 7) is 2.36. The van der Waals surface area contributed by atoms with Crippen molar-refractivity contribution in [3.05, 3.63) is 17.8 Å². The van der Waals surface area contributed by atoms with Gasteiger partial charge in [-0.1, -0.05) is 5.21 Å². The molecule has 0 unspecified atom stereocenters. The van der Waals surface area contributed by atoms with Crippen molar-refractivity contribution in [1.82, 2.24) is 40.4 Å². The fraction of sp³-hybridized carbons (Fsp3) is 0.333. The lowest BCUT2D eigenvalue weighted by molar-refractivity contribution is 0.773.